The Labute approximate surface area is 116 Å². The highest BCUT2D eigenvalue weighted by atomic mass is 79.9. The fourth-order valence-corrected chi connectivity index (χ4v) is 2.38. The molecule has 0 aliphatic rings. The minimum absolute atomic E-state index is 0.114. The van der Waals surface area contributed by atoms with E-state index < -0.39 is 0 Å². The van der Waals surface area contributed by atoms with Crippen LogP contribution < -0.4 is 0 Å². The van der Waals surface area contributed by atoms with Gasteiger partial charge in [0, 0.05) is 7.11 Å². The average Bonchev–Trinajstić information content (AvgIpc) is 2.83. The van der Waals surface area contributed by atoms with Crippen molar-refractivity contribution in [2.75, 3.05) is 13.7 Å². The van der Waals surface area contributed by atoms with Crippen LogP contribution in [0.1, 0.15) is 27.5 Å². The van der Waals surface area contributed by atoms with Gasteiger partial charge in [-0.05, 0) is 36.6 Å². The van der Waals surface area contributed by atoms with Crippen molar-refractivity contribution in [3.05, 3.63) is 59.0 Å². The third kappa shape index (κ3) is 3.24. The molecule has 1 heterocycles. The van der Waals surface area contributed by atoms with Gasteiger partial charge in [-0.15, -0.1) is 0 Å². The summed E-state index contributed by atoms with van der Waals surface area (Å²) in [6, 6.07) is 12.5. The molecule has 0 saturated heterocycles. The SMILES string of the molecule is COCCc1ccc(C(Br)c2ccc(C)o2)cc1. The Kier molecular flexibility index (Phi) is 4.61. The first-order valence-corrected chi connectivity index (χ1v) is 6.90. The van der Waals surface area contributed by atoms with Crippen molar-refractivity contribution in [3.8, 4) is 0 Å². The monoisotopic (exact) mass is 308 g/mol. The zero-order valence-corrected chi connectivity index (χ0v) is 12.2. The van der Waals surface area contributed by atoms with E-state index in [0.717, 1.165) is 24.5 Å². The van der Waals surface area contributed by atoms with E-state index in [4.69, 9.17) is 9.15 Å². The van der Waals surface area contributed by atoms with Crippen LogP contribution in [-0.4, -0.2) is 13.7 Å². The first kappa shape index (κ1) is 13.4. The Morgan fingerprint density at radius 1 is 1.17 bits per heavy atom. The molecule has 0 N–H and O–H groups in total. The summed E-state index contributed by atoms with van der Waals surface area (Å²) in [5.74, 6) is 1.88. The number of alkyl halides is 1. The maximum absolute atomic E-state index is 5.63. The van der Waals surface area contributed by atoms with Crippen molar-refractivity contribution in [2.24, 2.45) is 0 Å². The molecule has 1 unspecified atom stereocenters. The number of furan rings is 1. The molecule has 1 aromatic heterocycles. The lowest BCUT2D eigenvalue weighted by Gasteiger charge is -2.08. The van der Waals surface area contributed by atoms with Crippen LogP contribution in [0.2, 0.25) is 0 Å². The van der Waals surface area contributed by atoms with Gasteiger partial charge in [0.05, 0.1) is 11.4 Å². The van der Waals surface area contributed by atoms with Crippen molar-refractivity contribution in [3.63, 3.8) is 0 Å². The van der Waals surface area contributed by atoms with E-state index >= 15 is 0 Å². The van der Waals surface area contributed by atoms with Gasteiger partial charge >= 0.3 is 0 Å². The van der Waals surface area contributed by atoms with Crippen LogP contribution in [0.5, 0.6) is 0 Å². The van der Waals surface area contributed by atoms with E-state index in [1.165, 1.54) is 11.1 Å². The molecule has 0 saturated carbocycles. The Morgan fingerprint density at radius 2 is 1.89 bits per heavy atom. The van der Waals surface area contributed by atoms with Crippen LogP contribution in [0.25, 0.3) is 0 Å². The van der Waals surface area contributed by atoms with E-state index in [0.29, 0.717) is 0 Å². The quantitative estimate of drug-likeness (QED) is 0.770. The second-order valence-electron chi connectivity index (χ2n) is 4.30. The normalized spacial score (nSPS) is 12.6. The van der Waals surface area contributed by atoms with Crippen LogP contribution in [-0.2, 0) is 11.2 Å². The number of benzene rings is 1. The maximum atomic E-state index is 5.63. The van der Waals surface area contributed by atoms with Crippen LogP contribution in [0, 0.1) is 6.92 Å². The van der Waals surface area contributed by atoms with Crippen LogP contribution in [0.3, 0.4) is 0 Å². The molecule has 18 heavy (non-hydrogen) atoms. The van der Waals surface area contributed by atoms with Crippen molar-refractivity contribution in [1.29, 1.82) is 0 Å². The molecular weight excluding hydrogens is 292 g/mol. The first-order valence-electron chi connectivity index (χ1n) is 5.99. The molecular formula is C15H17BrO2. The molecule has 2 aromatic rings. The third-order valence-electron chi connectivity index (χ3n) is 2.88. The first-order chi connectivity index (χ1) is 8.70. The lowest BCUT2D eigenvalue weighted by molar-refractivity contribution is 0.202. The summed E-state index contributed by atoms with van der Waals surface area (Å²) in [7, 11) is 1.72. The molecule has 1 atom stereocenters. The molecule has 0 amide bonds. The molecule has 0 fully saturated rings. The molecule has 0 aliphatic carbocycles. The third-order valence-corrected chi connectivity index (χ3v) is 3.86. The number of rotatable bonds is 5. The summed E-state index contributed by atoms with van der Waals surface area (Å²) >= 11 is 3.67. The maximum Gasteiger partial charge on any atom is 0.122 e. The highest BCUT2D eigenvalue weighted by Crippen LogP contribution is 2.31. The molecule has 96 valence electrons. The zero-order valence-electron chi connectivity index (χ0n) is 10.7. The fourth-order valence-electron chi connectivity index (χ4n) is 1.83. The van der Waals surface area contributed by atoms with Crippen LogP contribution >= 0.6 is 15.9 Å². The van der Waals surface area contributed by atoms with Gasteiger partial charge in [0.2, 0.25) is 0 Å². The summed E-state index contributed by atoms with van der Waals surface area (Å²) in [4.78, 5) is 0.114. The van der Waals surface area contributed by atoms with Gasteiger partial charge in [0.15, 0.2) is 0 Å². The molecule has 1 aromatic carbocycles. The summed E-state index contributed by atoms with van der Waals surface area (Å²) in [6.07, 6.45) is 0.948. The standard InChI is InChI=1S/C15H17BrO2/c1-11-3-8-14(18-11)15(16)13-6-4-12(5-7-13)9-10-17-2/h3-8,15H,9-10H2,1-2H3. The minimum Gasteiger partial charge on any atom is -0.465 e. The van der Waals surface area contributed by atoms with Gasteiger partial charge in [0.1, 0.15) is 11.5 Å². The summed E-state index contributed by atoms with van der Waals surface area (Å²) in [5.41, 5.74) is 2.49. The second-order valence-corrected chi connectivity index (χ2v) is 5.21. The molecule has 0 bridgehead atoms. The molecule has 0 spiro atoms. The Bertz CT molecular complexity index is 487. The number of hydrogen-bond donors (Lipinski definition) is 0. The number of halogens is 1. The van der Waals surface area contributed by atoms with Gasteiger partial charge in [-0.3, -0.25) is 0 Å². The summed E-state index contributed by atoms with van der Waals surface area (Å²) < 4.78 is 10.7. The van der Waals surface area contributed by atoms with Gasteiger partial charge in [-0.1, -0.05) is 40.2 Å². The second kappa shape index (κ2) is 6.21. The predicted octanol–water partition coefficient (Wildman–Crippen LogP) is 4.26. The lowest BCUT2D eigenvalue weighted by Crippen LogP contribution is -1.96. The summed E-state index contributed by atoms with van der Waals surface area (Å²) in [6.45, 7) is 2.71. The van der Waals surface area contributed by atoms with Crippen molar-refractivity contribution in [2.45, 2.75) is 18.2 Å². The smallest absolute Gasteiger partial charge is 0.122 e. The van der Waals surface area contributed by atoms with Gasteiger partial charge in [-0.25, -0.2) is 0 Å². The largest absolute Gasteiger partial charge is 0.465 e. The molecule has 2 rings (SSSR count). The van der Waals surface area contributed by atoms with Gasteiger partial charge in [0.25, 0.3) is 0 Å². The predicted molar refractivity (Wildman–Crippen MR) is 76.2 cm³/mol. The van der Waals surface area contributed by atoms with E-state index in [9.17, 15) is 0 Å². The zero-order chi connectivity index (χ0) is 13.0. The van der Waals surface area contributed by atoms with Crippen LogP contribution in [0.15, 0.2) is 40.8 Å². The van der Waals surface area contributed by atoms with E-state index in [-0.39, 0.29) is 4.83 Å². The molecule has 2 nitrogen and oxygen atoms in total. The average molecular weight is 309 g/mol. The Hall–Kier alpha value is -1.06. The van der Waals surface area contributed by atoms with Crippen molar-refractivity contribution >= 4 is 15.9 Å². The van der Waals surface area contributed by atoms with Crippen LogP contribution in [0.4, 0.5) is 0 Å². The number of hydrogen-bond acceptors (Lipinski definition) is 2. The Morgan fingerprint density at radius 3 is 2.44 bits per heavy atom. The highest BCUT2D eigenvalue weighted by Gasteiger charge is 2.13. The Balaban J connectivity index is 2.09. The van der Waals surface area contributed by atoms with E-state index in [1.54, 1.807) is 7.11 Å². The molecule has 0 aliphatic heterocycles. The van der Waals surface area contributed by atoms with Gasteiger partial charge < -0.3 is 9.15 Å². The topological polar surface area (TPSA) is 22.4 Å². The summed E-state index contributed by atoms with van der Waals surface area (Å²) in [5, 5.41) is 0. The highest BCUT2D eigenvalue weighted by molar-refractivity contribution is 9.09. The van der Waals surface area contributed by atoms with Gasteiger partial charge in [-0.2, -0.15) is 0 Å². The van der Waals surface area contributed by atoms with E-state index in [2.05, 4.69) is 40.2 Å². The van der Waals surface area contributed by atoms with Crippen molar-refractivity contribution < 1.29 is 9.15 Å². The lowest BCUT2D eigenvalue weighted by atomic mass is 10.1. The number of aryl methyl sites for hydroxylation is 1. The number of methoxy groups -OCH3 is 1. The molecule has 0 radical (unpaired) electrons. The van der Waals surface area contributed by atoms with Crippen molar-refractivity contribution in [1.82, 2.24) is 0 Å². The molecule has 3 heteroatoms. The minimum atomic E-state index is 0.114. The fraction of sp³-hybridized carbons (Fsp3) is 0.333. The van der Waals surface area contributed by atoms with E-state index in [1.807, 2.05) is 19.1 Å². The number of ether oxygens (including phenoxy) is 1.